The number of rotatable bonds is 6. The van der Waals surface area contributed by atoms with Crippen molar-refractivity contribution in [2.45, 2.75) is 0 Å². The van der Waals surface area contributed by atoms with Crippen molar-refractivity contribution in [2.24, 2.45) is 0 Å². The zero-order valence-electron chi connectivity index (χ0n) is 16.6. The molecule has 150 valence electrons. The summed E-state index contributed by atoms with van der Waals surface area (Å²) in [7, 11) is 3.09. The second-order valence-corrected chi connectivity index (χ2v) is 6.59. The molecular formula is C24H20N2O4. The number of imide groups is 1. The van der Waals surface area contributed by atoms with E-state index in [-0.39, 0.29) is 11.3 Å². The highest BCUT2D eigenvalue weighted by Gasteiger charge is 2.41. The van der Waals surface area contributed by atoms with Crippen LogP contribution >= 0.6 is 0 Å². The second-order valence-electron chi connectivity index (χ2n) is 6.59. The number of amides is 2. The number of nitrogens with zero attached hydrogens (tertiary/aromatic N) is 1. The van der Waals surface area contributed by atoms with Gasteiger partial charge in [0.15, 0.2) is 0 Å². The summed E-state index contributed by atoms with van der Waals surface area (Å²) in [5.41, 5.74) is 2.18. The van der Waals surface area contributed by atoms with Crippen molar-refractivity contribution in [1.82, 2.24) is 0 Å². The molecule has 3 aromatic carbocycles. The topological polar surface area (TPSA) is 67.9 Å². The van der Waals surface area contributed by atoms with Crippen molar-refractivity contribution >= 4 is 28.8 Å². The van der Waals surface area contributed by atoms with Crippen LogP contribution in [0.3, 0.4) is 0 Å². The molecule has 0 unspecified atom stereocenters. The van der Waals surface area contributed by atoms with Gasteiger partial charge in [-0.3, -0.25) is 9.59 Å². The van der Waals surface area contributed by atoms with Gasteiger partial charge >= 0.3 is 0 Å². The van der Waals surface area contributed by atoms with Gasteiger partial charge in [0.2, 0.25) is 0 Å². The van der Waals surface area contributed by atoms with E-state index in [0.29, 0.717) is 28.4 Å². The number of ether oxygens (including phenoxy) is 2. The zero-order valence-corrected chi connectivity index (χ0v) is 16.6. The van der Waals surface area contributed by atoms with Gasteiger partial charge in [-0.15, -0.1) is 0 Å². The van der Waals surface area contributed by atoms with Gasteiger partial charge in [0.05, 0.1) is 25.5 Å². The van der Waals surface area contributed by atoms with Crippen LogP contribution < -0.4 is 19.7 Å². The predicted molar refractivity (Wildman–Crippen MR) is 115 cm³/mol. The summed E-state index contributed by atoms with van der Waals surface area (Å²) < 4.78 is 10.6. The van der Waals surface area contributed by atoms with Gasteiger partial charge in [-0.1, -0.05) is 36.4 Å². The molecule has 0 fully saturated rings. The first-order chi connectivity index (χ1) is 14.6. The number of para-hydroxylation sites is 2. The maximum absolute atomic E-state index is 13.5. The molecule has 0 aromatic heterocycles. The van der Waals surface area contributed by atoms with Gasteiger partial charge in [-0.2, -0.15) is 0 Å². The smallest absolute Gasteiger partial charge is 0.282 e. The zero-order chi connectivity index (χ0) is 21.1. The van der Waals surface area contributed by atoms with E-state index in [0.717, 1.165) is 4.90 Å². The lowest BCUT2D eigenvalue weighted by atomic mass is 10.0. The number of nitrogens with one attached hydrogen (secondary N) is 1. The number of hydrogen-bond acceptors (Lipinski definition) is 5. The third-order valence-corrected chi connectivity index (χ3v) is 4.83. The Morgan fingerprint density at radius 2 is 1.40 bits per heavy atom. The Hall–Kier alpha value is -4.06. The normalized spacial score (nSPS) is 13.6. The third kappa shape index (κ3) is 3.39. The third-order valence-electron chi connectivity index (χ3n) is 4.83. The first-order valence-corrected chi connectivity index (χ1v) is 9.36. The molecule has 30 heavy (non-hydrogen) atoms. The second kappa shape index (κ2) is 8.13. The minimum atomic E-state index is -0.435. The summed E-state index contributed by atoms with van der Waals surface area (Å²) in [5, 5.41) is 3.13. The molecule has 0 atom stereocenters. The van der Waals surface area contributed by atoms with Gasteiger partial charge in [-0.05, 0) is 42.5 Å². The molecule has 0 radical (unpaired) electrons. The Labute approximate surface area is 174 Å². The highest BCUT2D eigenvalue weighted by atomic mass is 16.5. The quantitative estimate of drug-likeness (QED) is 0.631. The van der Waals surface area contributed by atoms with Crippen LogP contribution in [0.25, 0.3) is 5.57 Å². The summed E-state index contributed by atoms with van der Waals surface area (Å²) in [6.45, 7) is 0. The standard InChI is InChI=1S/C24H20N2O4/c1-29-18-14-12-17(13-15-18)26-23(27)21(19-10-6-7-11-20(19)30-2)22(24(26)28)25-16-8-4-3-5-9-16/h3-15,25H,1-2H3. The summed E-state index contributed by atoms with van der Waals surface area (Å²) in [4.78, 5) is 28.0. The number of carbonyl (C=O) groups is 2. The predicted octanol–water partition coefficient (Wildman–Crippen LogP) is 4.10. The lowest BCUT2D eigenvalue weighted by molar-refractivity contribution is -0.120. The van der Waals surface area contributed by atoms with Crippen molar-refractivity contribution in [3.05, 3.63) is 90.1 Å². The molecule has 1 aliphatic heterocycles. The average Bonchev–Trinajstić information content (AvgIpc) is 3.03. The van der Waals surface area contributed by atoms with Crippen molar-refractivity contribution in [3.8, 4) is 11.5 Å². The first kappa shape index (κ1) is 19.3. The van der Waals surface area contributed by atoms with Crippen molar-refractivity contribution in [1.29, 1.82) is 0 Å². The van der Waals surface area contributed by atoms with Crippen LogP contribution in [0.15, 0.2) is 84.6 Å². The Morgan fingerprint density at radius 1 is 0.733 bits per heavy atom. The first-order valence-electron chi connectivity index (χ1n) is 9.36. The maximum atomic E-state index is 13.5. The molecule has 6 heteroatoms. The van der Waals surface area contributed by atoms with Crippen LogP contribution in [0.5, 0.6) is 11.5 Å². The minimum Gasteiger partial charge on any atom is -0.497 e. The molecular weight excluding hydrogens is 380 g/mol. The van der Waals surface area contributed by atoms with Gasteiger partial charge in [0, 0.05) is 11.3 Å². The molecule has 1 aliphatic rings. The molecule has 0 aliphatic carbocycles. The van der Waals surface area contributed by atoms with Gasteiger partial charge < -0.3 is 14.8 Å². The fourth-order valence-corrected chi connectivity index (χ4v) is 3.38. The molecule has 0 spiro atoms. The fraction of sp³-hybridized carbons (Fsp3) is 0.0833. The van der Waals surface area contributed by atoms with E-state index >= 15 is 0 Å². The molecule has 0 saturated heterocycles. The summed E-state index contributed by atoms with van der Waals surface area (Å²) in [5.74, 6) is 0.291. The number of methoxy groups -OCH3 is 2. The van der Waals surface area contributed by atoms with Crippen LogP contribution in [0, 0.1) is 0 Å². The van der Waals surface area contributed by atoms with Crippen LogP contribution in [-0.4, -0.2) is 26.0 Å². The van der Waals surface area contributed by atoms with E-state index in [9.17, 15) is 9.59 Å². The molecule has 1 N–H and O–H groups in total. The lowest BCUT2D eigenvalue weighted by Crippen LogP contribution is -2.32. The van der Waals surface area contributed by atoms with Crippen LogP contribution in [0.4, 0.5) is 11.4 Å². The van der Waals surface area contributed by atoms with Gasteiger partial charge in [0.1, 0.15) is 17.2 Å². The molecule has 4 rings (SSSR count). The highest BCUT2D eigenvalue weighted by molar-refractivity contribution is 6.46. The average molecular weight is 400 g/mol. The van der Waals surface area contributed by atoms with Crippen LogP contribution in [0.2, 0.25) is 0 Å². The summed E-state index contributed by atoms with van der Waals surface area (Å²) in [6.07, 6.45) is 0. The monoisotopic (exact) mass is 400 g/mol. The molecule has 1 heterocycles. The maximum Gasteiger partial charge on any atom is 0.282 e. The van der Waals surface area contributed by atoms with Gasteiger partial charge in [-0.25, -0.2) is 4.90 Å². The van der Waals surface area contributed by atoms with Crippen molar-refractivity contribution in [2.75, 3.05) is 24.4 Å². The number of anilines is 2. The lowest BCUT2D eigenvalue weighted by Gasteiger charge is -2.16. The molecule has 0 saturated carbocycles. The van der Waals surface area contributed by atoms with Crippen molar-refractivity contribution in [3.63, 3.8) is 0 Å². The van der Waals surface area contributed by atoms with Gasteiger partial charge in [0.25, 0.3) is 11.8 Å². The van der Waals surface area contributed by atoms with E-state index in [2.05, 4.69) is 5.32 Å². The Morgan fingerprint density at radius 3 is 2.07 bits per heavy atom. The fourth-order valence-electron chi connectivity index (χ4n) is 3.38. The van der Waals surface area contributed by atoms with Crippen molar-refractivity contribution < 1.29 is 19.1 Å². The van der Waals surface area contributed by atoms with E-state index in [1.807, 2.05) is 36.4 Å². The van der Waals surface area contributed by atoms with E-state index in [4.69, 9.17) is 9.47 Å². The molecule has 2 amide bonds. The highest BCUT2D eigenvalue weighted by Crippen LogP contribution is 2.37. The largest absolute Gasteiger partial charge is 0.497 e. The molecule has 0 bridgehead atoms. The number of hydrogen-bond donors (Lipinski definition) is 1. The van der Waals surface area contributed by atoms with E-state index in [1.54, 1.807) is 49.6 Å². The number of carbonyl (C=O) groups excluding carboxylic acids is 2. The molecule has 6 nitrogen and oxygen atoms in total. The van der Waals surface area contributed by atoms with E-state index < -0.39 is 11.8 Å². The van der Waals surface area contributed by atoms with Crippen LogP contribution in [0.1, 0.15) is 5.56 Å². The SMILES string of the molecule is COc1ccc(N2C(=O)C(Nc3ccccc3)=C(c3ccccc3OC)C2=O)cc1. The van der Waals surface area contributed by atoms with E-state index in [1.165, 1.54) is 7.11 Å². The number of benzene rings is 3. The minimum absolute atomic E-state index is 0.200. The molecule has 3 aromatic rings. The van der Waals surface area contributed by atoms with Crippen LogP contribution in [-0.2, 0) is 9.59 Å². The summed E-state index contributed by atoms with van der Waals surface area (Å²) in [6, 6.07) is 23.2. The Kier molecular flexibility index (Phi) is 5.22. The Balaban J connectivity index is 1.83. The Bertz CT molecular complexity index is 1120. The summed E-state index contributed by atoms with van der Waals surface area (Å²) >= 11 is 0.